The zero-order chi connectivity index (χ0) is 13.8. The Balaban J connectivity index is 2.62. The topological polar surface area (TPSA) is 94.3 Å². The molecule has 0 aliphatic heterocycles. The smallest absolute Gasteiger partial charge is 0.236 e. The number of hydrogen-bond acceptors (Lipinski definition) is 5. The molecule has 0 radical (unpaired) electrons. The molecule has 0 amide bonds. The Hall–Kier alpha value is -1.34. The highest BCUT2D eigenvalue weighted by atomic mass is 32.2. The number of aromatic nitrogens is 1. The van der Waals surface area contributed by atoms with Crippen molar-refractivity contribution in [2.24, 2.45) is 0 Å². The van der Waals surface area contributed by atoms with Crippen LogP contribution in [0, 0.1) is 6.92 Å². The SMILES string of the molecule is Cc1cc(NS(=O)(=O)CCOC(C)C)ncc1N. The zero-order valence-corrected chi connectivity index (χ0v) is 11.6. The molecular formula is C11H19N3O3S. The van der Waals surface area contributed by atoms with Crippen molar-refractivity contribution >= 4 is 21.5 Å². The average molecular weight is 273 g/mol. The Bertz CT molecular complexity index is 500. The molecule has 0 spiro atoms. The second kappa shape index (κ2) is 6.01. The number of nitrogens with one attached hydrogen (secondary N) is 1. The summed E-state index contributed by atoms with van der Waals surface area (Å²) in [4.78, 5) is 3.91. The molecule has 0 bridgehead atoms. The van der Waals surface area contributed by atoms with Crippen LogP contribution in [0.2, 0.25) is 0 Å². The Morgan fingerprint density at radius 3 is 2.72 bits per heavy atom. The number of ether oxygens (including phenoxy) is 1. The molecule has 0 aliphatic carbocycles. The molecule has 0 aromatic carbocycles. The molecule has 7 heteroatoms. The molecule has 1 aromatic rings. The number of hydrogen-bond donors (Lipinski definition) is 2. The maximum Gasteiger partial charge on any atom is 0.236 e. The predicted molar refractivity (Wildman–Crippen MR) is 71.9 cm³/mol. The lowest BCUT2D eigenvalue weighted by Crippen LogP contribution is -2.22. The van der Waals surface area contributed by atoms with E-state index in [-0.39, 0.29) is 24.3 Å². The highest BCUT2D eigenvalue weighted by Crippen LogP contribution is 2.14. The lowest BCUT2D eigenvalue weighted by molar-refractivity contribution is 0.0913. The molecule has 102 valence electrons. The number of rotatable bonds is 6. The summed E-state index contributed by atoms with van der Waals surface area (Å²) in [6.07, 6.45) is 1.44. The number of sulfonamides is 1. The molecule has 1 aromatic heterocycles. The molecular weight excluding hydrogens is 254 g/mol. The molecule has 3 N–H and O–H groups in total. The van der Waals surface area contributed by atoms with Gasteiger partial charge in [-0.25, -0.2) is 13.4 Å². The first-order valence-electron chi connectivity index (χ1n) is 5.64. The predicted octanol–water partition coefficient (Wildman–Crippen LogP) is 1.14. The van der Waals surface area contributed by atoms with Crippen molar-refractivity contribution in [3.63, 3.8) is 0 Å². The maximum atomic E-state index is 11.7. The van der Waals surface area contributed by atoms with Gasteiger partial charge in [0.1, 0.15) is 5.82 Å². The maximum absolute atomic E-state index is 11.7. The molecule has 1 heterocycles. The van der Waals surface area contributed by atoms with E-state index in [4.69, 9.17) is 10.5 Å². The lowest BCUT2D eigenvalue weighted by atomic mass is 10.2. The van der Waals surface area contributed by atoms with Crippen molar-refractivity contribution in [1.82, 2.24) is 4.98 Å². The molecule has 0 saturated carbocycles. The van der Waals surface area contributed by atoms with Crippen LogP contribution < -0.4 is 10.5 Å². The summed E-state index contributed by atoms with van der Waals surface area (Å²) in [5.41, 5.74) is 6.91. The van der Waals surface area contributed by atoms with Gasteiger partial charge in [-0.05, 0) is 32.4 Å². The van der Waals surface area contributed by atoms with Crippen molar-refractivity contribution in [3.05, 3.63) is 17.8 Å². The van der Waals surface area contributed by atoms with Crippen LogP contribution in [-0.4, -0.2) is 31.9 Å². The van der Waals surface area contributed by atoms with Crippen molar-refractivity contribution in [2.75, 3.05) is 22.8 Å². The first-order chi connectivity index (χ1) is 8.30. The summed E-state index contributed by atoms with van der Waals surface area (Å²) in [5.74, 6) is 0.169. The molecule has 0 fully saturated rings. The van der Waals surface area contributed by atoms with Crippen LogP contribution in [0.15, 0.2) is 12.3 Å². The van der Waals surface area contributed by atoms with E-state index in [0.29, 0.717) is 5.69 Å². The number of nitrogens with two attached hydrogens (primary N) is 1. The van der Waals surface area contributed by atoms with E-state index in [1.165, 1.54) is 6.20 Å². The summed E-state index contributed by atoms with van der Waals surface area (Å²) in [6.45, 7) is 5.65. The minimum absolute atomic E-state index is 0.0112. The number of nitrogen functional groups attached to an aromatic ring is 1. The van der Waals surface area contributed by atoms with Gasteiger partial charge in [0.2, 0.25) is 10.0 Å². The lowest BCUT2D eigenvalue weighted by Gasteiger charge is -2.10. The van der Waals surface area contributed by atoms with Gasteiger partial charge in [0.15, 0.2) is 0 Å². The first kappa shape index (κ1) is 14.7. The quantitative estimate of drug-likeness (QED) is 0.810. The highest BCUT2D eigenvalue weighted by Gasteiger charge is 2.12. The van der Waals surface area contributed by atoms with E-state index in [1.807, 2.05) is 13.8 Å². The fraction of sp³-hybridized carbons (Fsp3) is 0.545. The number of pyridine rings is 1. The van der Waals surface area contributed by atoms with E-state index in [2.05, 4.69) is 9.71 Å². The normalized spacial score (nSPS) is 11.8. The Morgan fingerprint density at radius 2 is 2.17 bits per heavy atom. The summed E-state index contributed by atoms with van der Waals surface area (Å²) in [6, 6.07) is 1.59. The van der Waals surface area contributed by atoms with Gasteiger partial charge in [0.05, 0.1) is 30.3 Å². The van der Waals surface area contributed by atoms with Gasteiger partial charge >= 0.3 is 0 Å². The van der Waals surface area contributed by atoms with E-state index in [9.17, 15) is 8.42 Å². The Labute approximate surface area is 108 Å². The van der Waals surface area contributed by atoms with Crippen molar-refractivity contribution < 1.29 is 13.2 Å². The summed E-state index contributed by atoms with van der Waals surface area (Å²) >= 11 is 0. The third kappa shape index (κ3) is 4.89. The van der Waals surface area contributed by atoms with Crippen LogP contribution in [0.4, 0.5) is 11.5 Å². The fourth-order valence-corrected chi connectivity index (χ4v) is 2.07. The molecule has 6 nitrogen and oxygen atoms in total. The zero-order valence-electron chi connectivity index (χ0n) is 10.8. The van der Waals surface area contributed by atoms with Crippen LogP contribution in [-0.2, 0) is 14.8 Å². The molecule has 0 aliphatic rings. The van der Waals surface area contributed by atoms with Gasteiger partial charge in [-0.2, -0.15) is 0 Å². The minimum Gasteiger partial charge on any atom is -0.397 e. The second-order valence-electron chi connectivity index (χ2n) is 4.27. The van der Waals surface area contributed by atoms with Crippen LogP contribution >= 0.6 is 0 Å². The van der Waals surface area contributed by atoms with Crippen LogP contribution in [0.1, 0.15) is 19.4 Å². The van der Waals surface area contributed by atoms with Gasteiger partial charge in [0.25, 0.3) is 0 Å². The third-order valence-electron chi connectivity index (χ3n) is 2.21. The van der Waals surface area contributed by atoms with E-state index in [1.54, 1.807) is 13.0 Å². The monoisotopic (exact) mass is 273 g/mol. The standard InChI is InChI=1S/C11H19N3O3S/c1-8(2)17-4-5-18(15,16)14-11-6-9(3)10(12)7-13-11/h6-8H,4-5,12H2,1-3H3,(H,13,14). The highest BCUT2D eigenvalue weighted by molar-refractivity contribution is 7.92. The largest absolute Gasteiger partial charge is 0.397 e. The fourth-order valence-electron chi connectivity index (χ4n) is 1.23. The van der Waals surface area contributed by atoms with Gasteiger partial charge in [-0.3, -0.25) is 4.72 Å². The number of aryl methyl sites for hydroxylation is 1. The molecule has 18 heavy (non-hydrogen) atoms. The first-order valence-corrected chi connectivity index (χ1v) is 7.29. The van der Waals surface area contributed by atoms with Crippen LogP contribution in [0.3, 0.4) is 0 Å². The second-order valence-corrected chi connectivity index (χ2v) is 6.11. The molecule has 0 atom stereocenters. The van der Waals surface area contributed by atoms with Crippen LogP contribution in [0.25, 0.3) is 0 Å². The van der Waals surface area contributed by atoms with Crippen molar-refractivity contribution in [2.45, 2.75) is 26.9 Å². The third-order valence-corrected chi connectivity index (χ3v) is 3.44. The van der Waals surface area contributed by atoms with E-state index >= 15 is 0 Å². The number of nitrogens with zero attached hydrogens (tertiary/aromatic N) is 1. The summed E-state index contributed by atoms with van der Waals surface area (Å²) < 4.78 is 31.0. The molecule has 1 rings (SSSR count). The van der Waals surface area contributed by atoms with Crippen LogP contribution in [0.5, 0.6) is 0 Å². The molecule has 0 saturated heterocycles. The summed E-state index contributed by atoms with van der Waals surface area (Å²) in [5, 5.41) is 0. The Kier molecular flexibility index (Phi) is 4.92. The average Bonchev–Trinajstić information content (AvgIpc) is 2.22. The van der Waals surface area contributed by atoms with Gasteiger partial charge in [-0.1, -0.05) is 0 Å². The minimum atomic E-state index is -3.44. The van der Waals surface area contributed by atoms with Crippen molar-refractivity contribution in [3.8, 4) is 0 Å². The van der Waals surface area contributed by atoms with E-state index in [0.717, 1.165) is 5.56 Å². The van der Waals surface area contributed by atoms with Gasteiger partial charge in [-0.15, -0.1) is 0 Å². The Morgan fingerprint density at radius 1 is 1.50 bits per heavy atom. The van der Waals surface area contributed by atoms with Crippen molar-refractivity contribution in [1.29, 1.82) is 0 Å². The van der Waals surface area contributed by atoms with Gasteiger partial charge in [0, 0.05) is 0 Å². The van der Waals surface area contributed by atoms with Gasteiger partial charge < -0.3 is 10.5 Å². The van der Waals surface area contributed by atoms with E-state index < -0.39 is 10.0 Å². The summed E-state index contributed by atoms with van der Waals surface area (Å²) in [7, 11) is -3.44. The number of anilines is 2. The molecule has 0 unspecified atom stereocenters.